The van der Waals surface area contributed by atoms with Crippen LogP contribution in [0.1, 0.15) is 24.0 Å². The first-order valence-corrected chi connectivity index (χ1v) is 17.1. The molecule has 234 valence electrons. The lowest BCUT2D eigenvalue weighted by Crippen LogP contribution is -2.41. The number of halogens is 1. The Kier molecular flexibility index (Phi) is 12.4. The van der Waals surface area contributed by atoms with Crippen LogP contribution in [0.2, 0.25) is 0 Å². The molecule has 3 aromatic carbocycles. The molecule has 0 aliphatic carbocycles. The molecule has 0 bridgehead atoms. The van der Waals surface area contributed by atoms with Crippen molar-refractivity contribution in [2.24, 2.45) is 0 Å². The van der Waals surface area contributed by atoms with Crippen molar-refractivity contribution < 1.29 is 16.8 Å². The minimum Gasteiger partial charge on any atom is -0.378 e. The van der Waals surface area contributed by atoms with Crippen LogP contribution in [0, 0.1) is 6.92 Å². The van der Waals surface area contributed by atoms with Crippen LogP contribution in [0.4, 0.5) is 5.69 Å². The lowest BCUT2D eigenvalue weighted by Gasteiger charge is -2.30. The molecule has 0 spiro atoms. The quantitative estimate of drug-likeness (QED) is 0.336. The van der Waals surface area contributed by atoms with Gasteiger partial charge < -0.3 is 4.90 Å². The van der Waals surface area contributed by atoms with Crippen LogP contribution in [0.5, 0.6) is 0 Å². The summed E-state index contributed by atoms with van der Waals surface area (Å²) in [5, 5.41) is 0. The minimum absolute atomic E-state index is 0. The van der Waals surface area contributed by atoms with Gasteiger partial charge in [0.15, 0.2) is 0 Å². The second kappa shape index (κ2) is 15.3. The Morgan fingerprint density at radius 3 is 1.63 bits per heavy atom. The Bertz CT molecular complexity index is 1550. The Morgan fingerprint density at radius 2 is 1.16 bits per heavy atom. The lowest BCUT2D eigenvalue weighted by atomic mass is 10.2. The minimum atomic E-state index is -3.84. The van der Waals surface area contributed by atoms with Crippen molar-refractivity contribution in [2.75, 3.05) is 58.3 Å². The maximum absolute atomic E-state index is 13.9. The molecular weight excluding hydrogens is 604 g/mol. The highest BCUT2D eigenvalue weighted by atomic mass is 35.5. The van der Waals surface area contributed by atoms with Crippen LogP contribution >= 0.6 is 12.4 Å². The fraction of sp³-hybridized carbons (Fsp3) is 0.375. The van der Waals surface area contributed by atoms with Crippen molar-refractivity contribution in [1.82, 2.24) is 13.5 Å². The van der Waals surface area contributed by atoms with Gasteiger partial charge in [-0.1, -0.05) is 54.6 Å². The Hall–Kier alpha value is -2.73. The summed E-state index contributed by atoms with van der Waals surface area (Å²) < 4.78 is 58.1. The van der Waals surface area contributed by atoms with Gasteiger partial charge in [0, 0.05) is 52.5 Å². The normalized spacial score (nSPS) is 17.0. The molecule has 11 heteroatoms. The number of benzene rings is 3. The Balaban J connectivity index is 0.00000506. The van der Waals surface area contributed by atoms with Crippen LogP contribution < -0.4 is 4.90 Å². The molecule has 1 saturated heterocycles. The van der Waals surface area contributed by atoms with E-state index in [1.54, 1.807) is 48.5 Å². The zero-order valence-electron chi connectivity index (χ0n) is 25.2. The Labute approximate surface area is 264 Å². The predicted molar refractivity (Wildman–Crippen MR) is 177 cm³/mol. The molecule has 0 atom stereocenters. The highest BCUT2D eigenvalue weighted by Crippen LogP contribution is 2.23. The molecule has 0 aromatic heterocycles. The van der Waals surface area contributed by atoms with Crippen LogP contribution in [0.15, 0.2) is 101 Å². The van der Waals surface area contributed by atoms with Crippen LogP contribution in [0.3, 0.4) is 0 Å². The summed E-state index contributed by atoms with van der Waals surface area (Å²) in [6, 6.07) is 23.8. The predicted octanol–water partition coefficient (Wildman–Crippen LogP) is 5.02. The topological polar surface area (TPSA) is 81.2 Å². The van der Waals surface area contributed by atoms with Crippen molar-refractivity contribution in [1.29, 1.82) is 0 Å². The van der Waals surface area contributed by atoms with E-state index >= 15 is 0 Å². The van der Waals surface area contributed by atoms with Crippen LogP contribution in [0.25, 0.3) is 0 Å². The van der Waals surface area contributed by atoms with Gasteiger partial charge in [0.1, 0.15) is 0 Å². The molecule has 0 saturated carbocycles. The zero-order valence-corrected chi connectivity index (χ0v) is 27.7. The van der Waals surface area contributed by atoms with E-state index in [0.717, 1.165) is 16.8 Å². The van der Waals surface area contributed by atoms with Gasteiger partial charge in [0.25, 0.3) is 0 Å². The summed E-state index contributed by atoms with van der Waals surface area (Å²) >= 11 is 0. The second-order valence-corrected chi connectivity index (χ2v) is 15.0. The summed E-state index contributed by atoms with van der Waals surface area (Å²) in [5.41, 5.74) is 3.57. The molecule has 1 aliphatic heterocycles. The number of anilines is 1. The summed E-state index contributed by atoms with van der Waals surface area (Å²) in [4.78, 5) is 4.62. The van der Waals surface area contributed by atoms with E-state index < -0.39 is 20.0 Å². The van der Waals surface area contributed by atoms with E-state index in [1.165, 1.54) is 8.61 Å². The largest absolute Gasteiger partial charge is 0.378 e. The third-order valence-corrected chi connectivity index (χ3v) is 11.2. The molecule has 0 unspecified atom stereocenters. The summed E-state index contributed by atoms with van der Waals surface area (Å²) in [6.45, 7) is 8.81. The van der Waals surface area contributed by atoms with Crippen molar-refractivity contribution >= 4 is 38.1 Å². The first-order valence-electron chi connectivity index (χ1n) is 14.2. The third-order valence-electron chi connectivity index (χ3n) is 7.46. The summed E-state index contributed by atoms with van der Waals surface area (Å²) in [6.07, 6.45) is 1.28. The van der Waals surface area contributed by atoms with Crippen molar-refractivity contribution in [3.63, 3.8) is 0 Å². The van der Waals surface area contributed by atoms with Crippen molar-refractivity contribution in [2.45, 2.75) is 36.1 Å². The van der Waals surface area contributed by atoms with E-state index in [0.29, 0.717) is 51.1 Å². The van der Waals surface area contributed by atoms with Gasteiger partial charge in [0.05, 0.1) is 9.79 Å². The van der Waals surface area contributed by atoms with Gasteiger partial charge in [-0.25, -0.2) is 16.8 Å². The van der Waals surface area contributed by atoms with Crippen molar-refractivity contribution in [3.05, 3.63) is 102 Å². The van der Waals surface area contributed by atoms with Crippen LogP contribution in [-0.2, 0) is 26.6 Å². The van der Waals surface area contributed by atoms with Gasteiger partial charge in [0.2, 0.25) is 20.0 Å². The molecular formula is C32H43ClN4O4S2. The molecule has 1 aliphatic rings. The average Bonchev–Trinajstić information content (AvgIpc) is 2.96. The van der Waals surface area contributed by atoms with E-state index in [-0.39, 0.29) is 35.3 Å². The SMILES string of the molecule is C=C1CN(S(=O)(=O)c2ccc(C)cc2)CCCN(Cc2ccccc2)CCCN(S(=O)(=O)c2ccc(N(C)C)cc2)C1.Cl. The molecule has 8 nitrogen and oxygen atoms in total. The molecule has 0 amide bonds. The summed E-state index contributed by atoms with van der Waals surface area (Å²) in [7, 11) is -3.85. The molecule has 3 aromatic rings. The second-order valence-electron chi connectivity index (χ2n) is 11.1. The van der Waals surface area contributed by atoms with Gasteiger partial charge >= 0.3 is 0 Å². The number of aryl methyl sites for hydroxylation is 1. The number of hydrogen-bond donors (Lipinski definition) is 0. The number of nitrogens with zero attached hydrogens (tertiary/aromatic N) is 4. The molecule has 4 rings (SSSR count). The van der Waals surface area contributed by atoms with E-state index in [9.17, 15) is 16.8 Å². The fourth-order valence-electron chi connectivity index (χ4n) is 5.09. The first-order chi connectivity index (χ1) is 20.0. The molecule has 1 fully saturated rings. The zero-order chi connectivity index (χ0) is 30.3. The van der Waals surface area contributed by atoms with Gasteiger partial charge in [-0.3, -0.25) is 4.90 Å². The third kappa shape index (κ3) is 9.14. The number of sulfonamides is 2. The molecule has 1 heterocycles. The molecule has 0 radical (unpaired) electrons. The van der Waals surface area contributed by atoms with Crippen LogP contribution in [-0.4, -0.2) is 83.7 Å². The first kappa shape index (κ1) is 34.8. The highest BCUT2D eigenvalue weighted by Gasteiger charge is 2.29. The average molecular weight is 647 g/mol. The smallest absolute Gasteiger partial charge is 0.243 e. The van der Waals surface area contributed by atoms with Gasteiger partial charge in [-0.05, 0) is 80.4 Å². The van der Waals surface area contributed by atoms with E-state index in [4.69, 9.17) is 0 Å². The van der Waals surface area contributed by atoms with Crippen molar-refractivity contribution in [3.8, 4) is 0 Å². The standard InChI is InChI=1S/C32H42N4O4S2.ClH/c1-27-12-16-31(17-13-27)41(37,38)35-22-8-20-34(26-29-10-6-5-7-11-29)21-9-23-36(25-28(2)24-35)42(39,40)32-18-14-30(15-19-32)33(3)4;/h5-7,10-19H,2,8-9,20-26H2,1,3-4H3;1H. The van der Waals surface area contributed by atoms with Gasteiger partial charge in [-0.2, -0.15) is 8.61 Å². The maximum Gasteiger partial charge on any atom is 0.243 e. The summed E-state index contributed by atoms with van der Waals surface area (Å²) in [5.74, 6) is 0. The number of hydrogen-bond acceptors (Lipinski definition) is 6. The number of rotatable bonds is 7. The lowest BCUT2D eigenvalue weighted by molar-refractivity contribution is 0.238. The maximum atomic E-state index is 13.9. The fourth-order valence-corrected chi connectivity index (χ4v) is 8.10. The molecule has 43 heavy (non-hydrogen) atoms. The van der Waals surface area contributed by atoms with E-state index in [2.05, 4.69) is 23.6 Å². The highest BCUT2D eigenvalue weighted by molar-refractivity contribution is 7.89. The Morgan fingerprint density at radius 1 is 0.698 bits per heavy atom. The molecule has 0 N–H and O–H groups in total. The monoisotopic (exact) mass is 646 g/mol. The van der Waals surface area contributed by atoms with E-state index in [1.807, 2.05) is 44.1 Å². The van der Waals surface area contributed by atoms with Gasteiger partial charge in [-0.15, -0.1) is 12.4 Å².